The molecule has 11 nitrogen and oxygen atoms in total. The van der Waals surface area contributed by atoms with Gasteiger partial charge in [0, 0.05) is 19.3 Å². The average Bonchev–Trinajstić information content (AvgIpc) is 3.33. The number of anilines is 1. The number of ether oxygens (including phenoxy) is 2. The third kappa shape index (κ3) is 5.04. The number of nitrogens with zero attached hydrogens (tertiary/aromatic N) is 4. The van der Waals surface area contributed by atoms with E-state index in [1.54, 1.807) is 39.8 Å². The van der Waals surface area contributed by atoms with Gasteiger partial charge in [-0.05, 0) is 39.8 Å². The first-order chi connectivity index (χ1) is 14.3. The fourth-order valence-corrected chi connectivity index (χ4v) is 2.51. The first-order valence-corrected chi connectivity index (χ1v) is 9.46. The summed E-state index contributed by atoms with van der Waals surface area (Å²) in [6.07, 6.45) is 2.37. The normalized spacial score (nSPS) is 11.3. The van der Waals surface area contributed by atoms with E-state index in [-0.39, 0.29) is 24.4 Å². The number of hydrogen-bond acceptors (Lipinski definition) is 9. The van der Waals surface area contributed by atoms with Gasteiger partial charge >= 0.3 is 12.1 Å². The van der Waals surface area contributed by atoms with E-state index in [4.69, 9.17) is 13.9 Å². The van der Waals surface area contributed by atoms with Crippen LogP contribution in [0.1, 0.15) is 38.1 Å². The van der Waals surface area contributed by atoms with E-state index >= 15 is 0 Å². The number of aromatic nitrogens is 4. The quantitative estimate of drug-likeness (QED) is 0.440. The molecule has 0 bridgehead atoms. The van der Waals surface area contributed by atoms with Crippen LogP contribution in [0.3, 0.4) is 0 Å². The van der Waals surface area contributed by atoms with Gasteiger partial charge in [-0.15, -0.1) is 5.10 Å². The molecule has 0 radical (unpaired) electrons. The molecule has 0 spiro atoms. The van der Waals surface area contributed by atoms with Crippen molar-refractivity contribution in [1.29, 1.82) is 0 Å². The number of fused-ring (bicyclic) bond motifs is 1. The van der Waals surface area contributed by atoms with Gasteiger partial charge in [-0.1, -0.05) is 0 Å². The van der Waals surface area contributed by atoms with Crippen LogP contribution in [0.25, 0.3) is 17.2 Å². The predicted octanol–water partition coefficient (Wildman–Crippen LogP) is 2.50. The Labute approximate surface area is 172 Å². The lowest BCUT2D eigenvalue weighted by Gasteiger charge is -2.19. The van der Waals surface area contributed by atoms with Gasteiger partial charge in [-0.25, -0.2) is 19.6 Å². The molecule has 3 heterocycles. The number of nitrogens with one attached hydrogen (secondary N) is 2. The van der Waals surface area contributed by atoms with E-state index in [1.807, 2.05) is 0 Å². The van der Waals surface area contributed by atoms with Crippen LogP contribution in [0.2, 0.25) is 0 Å². The summed E-state index contributed by atoms with van der Waals surface area (Å²) >= 11 is 0. The highest BCUT2D eigenvalue weighted by Crippen LogP contribution is 2.21. The molecule has 0 aromatic carbocycles. The molecule has 160 valence electrons. The minimum absolute atomic E-state index is 0.180. The van der Waals surface area contributed by atoms with Gasteiger partial charge in [-0.3, -0.25) is 0 Å². The lowest BCUT2D eigenvalue weighted by atomic mass is 10.2. The van der Waals surface area contributed by atoms with Crippen LogP contribution in [0, 0.1) is 0 Å². The van der Waals surface area contributed by atoms with E-state index in [2.05, 4.69) is 25.7 Å². The van der Waals surface area contributed by atoms with Gasteiger partial charge in [-0.2, -0.15) is 4.52 Å². The Kier molecular flexibility index (Phi) is 6.19. The van der Waals surface area contributed by atoms with Crippen molar-refractivity contribution in [2.75, 3.05) is 25.0 Å². The molecule has 11 heteroatoms. The zero-order valence-electron chi connectivity index (χ0n) is 17.3. The van der Waals surface area contributed by atoms with Gasteiger partial charge in [0.15, 0.2) is 11.4 Å². The summed E-state index contributed by atoms with van der Waals surface area (Å²) in [5.41, 5.74) is -0.117. The fourth-order valence-electron chi connectivity index (χ4n) is 2.51. The second-order valence-electron chi connectivity index (χ2n) is 7.22. The monoisotopic (exact) mass is 416 g/mol. The smallest absolute Gasteiger partial charge is 0.407 e. The lowest BCUT2D eigenvalue weighted by molar-refractivity contribution is 0.0517. The molecule has 0 fully saturated rings. The van der Waals surface area contributed by atoms with Crippen molar-refractivity contribution < 1.29 is 23.5 Å². The van der Waals surface area contributed by atoms with Crippen LogP contribution in [-0.4, -0.2) is 56.9 Å². The summed E-state index contributed by atoms with van der Waals surface area (Å²) in [6, 6.07) is 3.43. The highest BCUT2D eigenvalue weighted by molar-refractivity contribution is 5.95. The standard InChI is InChI=1S/C19H24N6O5/c1-5-28-16(26)12-11-22-17(20-8-9-21-18(27)30-19(2,3)4)25-15(12)23-14(24-25)13-7-6-10-29-13/h6-7,10-11H,5,8-9H2,1-4H3,(H,20,22)(H,21,27). The second-order valence-corrected chi connectivity index (χ2v) is 7.22. The number of hydrogen-bond donors (Lipinski definition) is 2. The predicted molar refractivity (Wildman–Crippen MR) is 107 cm³/mol. The molecule has 3 aromatic rings. The van der Waals surface area contributed by atoms with Crippen LogP contribution in [0.4, 0.5) is 10.7 Å². The Morgan fingerprint density at radius 2 is 2.07 bits per heavy atom. The Balaban J connectivity index is 1.78. The topological polar surface area (TPSA) is 133 Å². The van der Waals surface area contributed by atoms with E-state index in [0.29, 0.717) is 24.1 Å². The number of furan rings is 1. The number of rotatable bonds is 7. The van der Waals surface area contributed by atoms with Crippen molar-refractivity contribution in [2.24, 2.45) is 0 Å². The molecule has 3 rings (SSSR count). The average molecular weight is 416 g/mol. The summed E-state index contributed by atoms with van der Waals surface area (Å²) in [6.45, 7) is 7.94. The van der Waals surface area contributed by atoms with Gasteiger partial charge < -0.3 is 24.5 Å². The number of carbonyl (C=O) groups excluding carboxylic acids is 2. The van der Waals surface area contributed by atoms with E-state index in [0.717, 1.165) is 0 Å². The van der Waals surface area contributed by atoms with Crippen molar-refractivity contribution in [3.63, 3.8) is 0 Å². The van der Waals surface area contributed by atoms with Crippen molar-refractivity contribution in [3.05, 3.63) is 30.2 Å². The molecule has 0 aliphatic carbocycles. The highest BCUT2D eigenvalue weighted by Gasteiger charge is 2.20. The highest BCUT2D eigenvalue weighted by atomic mass is 16.6. The summed E-state index contributed by atoms with van der Waals surface area (Å²) in [7, 11) is 0. The molecule has 1 amide bonds. The van der Waals surface area contributed by atoms with Crippen molar-refractivity contribution in [2.45, 2.75) is 33.3 Å². The molecule has 30 heavy (non-hydrogen) atoms. The van der Waals surface area contributed by atoms with Crippen molar-refractivity contribution in [3.8, 4) is 11.6 Å². The zero-order valence-corrected chi connectivity index (χ0v) is 17.3. The van der Waals surface area contributed by atoms with E-state index in [1.165, 1.54) is 17.0 Å². The maximum Gasteiger partial charge on any atom is 0.407 e. The Hall–Kier alpha value is -3.63. The zero-order chi connectivity index (χ0) is 21.7. The number of amides is 1. The van der Waals surface area contributed by atoms with Gasteiger partial charge in [0.05, 0.1) is 12.9 Å². The summed E-state index contributed by atoms with van der Waals surface area (Å²) in [4.78, 5) is 32.7. The molecule has 0 saturated carbocycles. The third-order valence-corrected chi connectivity index (χ3v) is 3.68. The van der Waals surface area contributed by atoms with Gasteiger partial charge in [0.1, 0.15) is 11.2 Å². The summed E-state index contributed by atoms with van der Waals surface area (Å²) in [5.74, 6) is 0.542. The molecule has 0 saturated heterocycles. The molecule has 0 unspecified atom stereocenters. The van der Waals surface area contributed by atoms with E-state index < -0.39 is 17.7 Å². The maximum absolute atomic E-state index is 12.3. The van der Waals surface area contributed by atoms with Gasteiger partial charge in [0.25, 0.3) is 0 Å². The number of esters is 1. The fraction of sp³-hybridized carbons (Fsp3) is 0.421. The second kappa shape index (κ2) is 8.80. The first kappa shape index (κ1) is 21.1. The first-order valence-electron chi connectivity index (χ1n) is 9.46. The van der Waals surface area contributed by atoms with Crippen LogP contribution in [0.5, 0.6) is 0 Å². The molecule has 3 aromatic heterocycles. The number of alkyl carbamates (subject to hydrolysis) is 1. The molecule has 0 atom stereocenters. The SMILES string of the molecule is CCOC(=O)c1cnc(NCCNC(=O)OC(C)(C)C)n2nc(-c3ccco3)nc12. The summed E-state index contributed by atoms with van der Waals surface area (Å²) in [5, 5.41) is 10.1. The van der Waals surface area contributed by atoms with Crippen molar-refractivity contribution >= 4 is 23.7 Å². The number of carbonyl (C=O) groups is 2. The van der Waals surface area contributed by atoms with E-state index in [9.17, 15) is 9.59 Å². The minimum atomic E-state index is -0.572. The van der Waals surface area contributed by atoms with Crippen LogP contribution < -0.4 is 10.6 Å². The Bertz CT molecular complexity index is 1020. The molecular formula is C19H24N6O5. The van der Waals surface area contributed by atoms with Crippen LogP contribution in [-0.2, 0) is 9.47 Å². The molecule has 0 aliphatic rings. The third-order valence-electron chi connectivity index (χ3n) is 3.68. The van der Waals surface area contributed by atoms with Gasteiger partial charge in [0.2, 0.25) is 11.8 Å². The molecular weight excluding hydrogens is 392 g/mol. The molecule has 2 N–H and O–H groups in total. The summed E-state index contributed by atoms with van der Waals surface area (Å²) < 4.78 is 17.0. The van der Waals surface area contributed by atoms with Crippen molar-refractivity contribution in [1.82, 2.24) is 24.9 Å². The largest absolute Gasteiger partial charge is 0.462 e. The Morgan fingerprint density at radius 1 is 1.27 bits per heavy atom. The maximum atomic E-state index is 12.3. The molecule has 0 aliphatic heterocycles. The lowest BCUT2D eigenvalue weighted by Crippen LogP contribution is -2.35. The van der Waals surface area contributed by atoms with Crippen LogP contribution >= 0.6 is 0 Å². The minimum Gasteiger partial charge on any atom is -0.462 e. The van der Waals surface area contributed by atoms with Crippen LogP contribution in [0.15, 0.2) is 29.0 Å². The Morgan fingerprint density at radius 3 is 2.73 bits per heavy atom.